The fourth-order valence-corrected chi connectivity index (χ4v) is 2.56. The first kappa shape index (κ1) is 16.1. The molecule has 0 amide bonds. The first-order chi connectivity index (χ1) is 10.2. The van der Waals surface area contributed by atoms with E-state index in [9.17, 15) is 5.11 Å². The average molecular weight is 295 g/mol. The summed E-state index contributed by atoms with van der Waals surface area (Å²) in [7, 11) is 1.74. The van der Waals surface area contributed by atoms with E-state index >= 15 is 0 Å². The van der Waals surface area contributed by atoms with Crippen molar-refractivity contribution in [3.05, 3.63) is 24.3 Å². The highest BCUT2D eigenvalue weighted by Gasteiger charge is 2.22. The molecule has 21 heavy (non-hydrogen) atoms. The Labute approximate surface area is 126 Å². The molecule has 2 rings (SSSR count). The Morgan fingerprint density at radius 1 is 1.29 bits per heavy atom. The molecule has 5 heteroatoms. The summed E-state index contributed by atoms with van der Waals surface area (Å²) in [5.41, 5.74) is 6.31. The van der Waals surface area contributed by atoms with Crippen LogP contribution in [0.4, 0.5) is 5.69 Å². The molecule has 1 aliphatic carbocycles. The average Bonchev–Trinajstić information content (AvgIpc) is 2.51. The maximum atomic E-state index is 9.92. The summed E-state index contributed by atoms with van der Waals surface area (Å²) < 4.78 is 16.6. The number of hydrogen-bond acceptors (Lipinski definition) is 5. The first-order valence-electron chi connectivity index (χ1n) is 7.48. The van der Waals surface area contributed by atoms with Crippen LogP contribution in [0.1, 0.15) is 25.7 Å². The summed E-state index contributed by atoms with van der Waals surface area (Å²) in [5, 5.41) is 9.92. The lowest BCUT2D eigenvalue weighted by Crippen LogP contribution is -2.31. The van der Waals surface area contributed by atoms with Crippen molar-refractivity contribution in [2.24, 2.45) is 0 Å². The van der Waals surface area contributed by atoms with Crippen molar-refractivity contribution in [3.8, 4) is 5.75 Å². The third-order valence-corrected chi connectivity index (χ3v) is 3.74. The molecule has 5 nitrogen and oxygen atoms in total. The number of benzene rings is 1. The zero-order chi connectivity index (χ0) is 15.1. The second-order valence-corrected chi connectivity index (χ2v) is 5.52. The lowest BCUT2D eigenvalue weighted by Gasteiger charge is -2.28. The molecule has 0 bridgehead atoms. The summed E-state index contributed by atoms with van der Waals surface area (Å²) in [6.07, 6.45) is 3.95. The van der Waals surface area contributed by atoms with E-state index in [1.807, 2.05) is 12.1 Å². The number of anilines is 1. The van der Waals surface area contributed by atoms with E-state index in [0.717, 1.165) is 25.7 Å². The third-order valence-electron chi connectivity index (χ3n) is 3.74. The normalized spacial score (nSPS) is 23.7. The van der Waals surface area contributed by atoms with Crippen molar-refractivity contribution in [2.75, 3.05) is 26.1 Å². The molecule has 1 fully saturated rings. The smallest absolute Gasteiger partial charge is 0.121 e. The Morgan fingerprint density at radius 2 is 2.10 bits per heavy atom. The van der Waals surface area contributed by atoms with E-state index < -0.39 is 6.10 Å². The van der Waals surface area contributed by atoms with E-state index in [1.54, 1.807) is 19.2 Å². The zero-order valence-electron chi connectivity index (χ0n) is 12.5. The Kier molecular flexibility index (Phi) is 6.29. The van der Waals surface area contributed by atoms with Crippen molar-refractivity contribution in [1.29, 1.82) is 0 Å². The topological polar surface area (TPSA) is 73.9 Å². The van der Waals surface area contributed by atoms with Crippen molar-refractivity contribution >= 4 is 5.69 Å². The summed E-state index contributed by atoms with van der Waals surface area (Å²) >= 11 is 0. The number of methoxy groups -OCH3 is 1. The number of hydrogen-bond donors (Lipinski definition) is 2. The summed E-state index contributed by atoms with van der Waals surface area (Å²) in [6, 6.07) is 7.16. The molecule has 1 aromatic rings. The van der Waals surface area contributed by atoms with Gasteiger partial charge in [-0.15, -0.1) is 0 Å². The minimum absolute atomic E-state index is 0.172. The molecule has 1 saturated carbocycles. The lowest BCUT2D eigenvalue weighted by molar-refractivity contribution is -0.0632. The van der Waals surface area contributed by atoms with Gasteiger partial charge < -0.3 is 25.1 Å². The SMILES string of the molecule is COC1CCCC(OCC(O)COc2cccc(N)c2)C1. The van der Waals surface area contributed by atoms with Gasteiger partial charge in [-0.05, 0) is 37.8 Å². The second-order valence-electron chi connectivity index (χ2n) is 5.52. The molecule has 0 saturated heterocycles. The Morgan fingerprint density at radius 3 is 2.86 bits per heavy atom. The summed E-state index contributed by atoms with van der Waals surface area (Å²) in [4.78, 5) is 0. The molecular weight excluding hydrogens is 270 g/mol. The number of rotatable bonds is 7. The fourth-order valence-electron chi connectivity index (χ4n) is 2.56. The van der Waals surface area contributed by atoms with E-state index in [4.69, 9.17) is 19.9 Å². The highest BCUT2D eigenvalue weighted by molar-refractivity contribution is 5.43. The van der Waals surface area contributed by atoms with E-state index in [1.165, 1.54) is 0 Å². The van der Waals surface area contributed by atoms with Crippen LogP contribution in [0.25, 0.3) is 0 Å². The van der Waals surface area contributed by atoms with Crippen molar-refractivity contribution in [1.82, 2.24) is 0 Å². The zero-order valence-corrected chi connectivity index (χ0v) is 12.5. The molecule has 3 unspecified atom stereocenters. The maximum absolute atomic E-state index is 9.92. The quantitative estimate of drug-likeness (QED) is 0.752. The van der Waals surface area contributed by atoms with Crippen LogP contribution in [0.5, 0.6) is 5.75 Å². The molecule has 1 aliphatic rings. The third kappa shape index (κ3) is 5.53. The van der Waals surface area contributed by atoms with Gasteiger partial charge in [0, 0.05) is 18.9 Å². The van der Waals surface area contributed by atoms with Crippen LogP contribution in [0.3, 0.4) is 0 Å². The summed E-state index contributed by atoms with van der Waals surface area (Å²) in [6.45, 7) is 0.479. The molecule has 0 heterocycles. The Balaban J connectivity index is 1.66. The highest BCUT2D eigenvalue weighted by Crippen LogP contribution is 2.23. The molecule has 3 atom stereocenters. The van der Waals surface area contributed by atoms with Gasteiger partial charge >= 0.3 is 0 Å². The molecular formula is C16H25NO4. The van der Waals surface area contributed by atoms with E-state index in [-0.39, 0.29) is 25.4 Å². The van der Waals surface area contributed by atoms with Crippen LogP contribution in [-0.4, -0.2) is 43.7 Å². The number of ether oxygens (including phenoxy) is 3. The van der Waals surface area contributed by atoms with Crippen LogP contribution in [-0.2, 0) is 9.47 Å². The molecule has 118 valence electrons. The molecule has 3 N–H and O–H groups in total. The van der Waals surface area contributed by atoms with Gasteiger partial charge in [0.05, 0.1) is 18.8 Å². The number of aliphatic hydroxyl groups is 1. The van der Waals surface area contributed by atoms with Crippen LogP contribution in [0.2, 0.25) is 0 Å². The Bertz CT molecular complexity index is 426. The second kappa shape index (κ2) is 8.22. The first-order valence-corrected chi connectivity index (χ1v) is 7.48. The minimum atomic E-state index is -0.644. The van der Waals surface area contributed by atoms with Gasteiger partial charge in [-0.2, -0.15) is 0 Å². The van der Waals surface area contributed by atoms with E-state index in [2.05, 4.69) is 0 Å². The van der Waals surface area contributed by atoms with Gasteiger partial charge in [-0.3, -0.25) is 0 Å². The van der Waals surface area contributed by atoms with Gasteiger partial charge in [-0.1, -0.05) is 6.07 Å². The van der Waals surface area contributed by atoms with Gasteiger partial charge in [0.2, 0.25) is 0 Å². The molecule has 0 aromatic heterocycles. The van der Waals surface area contributed by atoms with Gasteiger partial charge in [-0.25, -0.2) is 0 Å². The van der Waals surface area contributed by atoms with Crippen LogP contribution in [0, 0.1) is 0 Å². The van der Waals surface area contributed by atoms with Gasteiger partial charge in [0.1, 0.15) is 18.5 Å². The van der Waals surface area contributed by atoms with Crippen LogP contribution in [0.15, 0.2) is 24.3 Å². The van der Waals surface area contributed by atoms with Crippen LogP contribution < -0.4 is 10.5 Å². The highest BCUT2D eigenvalue weighted by atomic mass is 16.5. The van der Waals surface area contributed by atoms with Gasteiger partial charge in [0.15, 0.2) is 0 Å². The van der Waals surface area contributed by atoms with Crippen LogP contribution >= 0.6 is 0 Å². The van der Waals surface area contributed by atoms with Crippen molar-refractivity contribution in [3.63, 3.8) is 0 Å². The lowest BCUT2D eigenvalue weighted by atomic mass is 9.95. The minimum Gasteiger partial charge on any atom is -0.491 e. The number of nitrogens with two attached hydrogens (primary N) is 1. The van der Waals surface area contributed by atoms with Gasteiger partial charge in [0.25, 0.3) is 0 Å². The van der Waals surface area contributed by atoms with Crippen molar-refractivity contribution < 1.29 is 19.3 Å². The Hall–Kier alpha value is -1.30. The van der Waals surface area contributed by atoms with E-state index in [0.29, 0.717) is 11.4 Å². The molecule has 0 aliphatic heterocycles. The van der Waals surface area contributed by atoms with Crippen molar-refractivity contribution in [2.45, 2.75) is 44.0 Å². The maximum Gasteiger partial charge on any atom is 0.121 e. The molecule has 1 aromatic carbocycles. The number of aliphatic hydroxyl groups excluding tert-OH is 1. The largest absolute Gasteiger partial charge is 0.491 e. The molecule has 0 radical (unpaired) electrons. The predicted molar refractivity (Wildman–Crippen MR) is 81.4 cm³/mol. The predicted octanol–water partition coefficient (Wildman–Crippen LogP) is 1.98. The summed E-state index contributed by atoms with van der Waals surface area (Å²) in [5.74, 6) is 0.658. The molecule has 0 spiro atoms. The standard InChI is InChI=1S/C16H25NO4/c1-19-14-5-3-7-16(9-14)21-11-13(18)10-20-15-6-2-4-12(17)8-15/h2,4,6,8,13-14,16,18H,3,5,7,9-11,17H2,1H3. The fraction of sp³-hybridized carbons (Fsp3) is 0.625. The number of nitrogen functional groups attached to an aromatic ring is 1. The monoisotopic (exact) mass is 295 g/mol.